The average molecular weight is 298 g/mol. The van der Waals surface area contributed by atoms with Crippen molar-refractivity contribution in [2.45, 2.75) is 38.1 Å². The molecule has 1 aliphatic heterocycles. The molecule has 3 atom stereocenters. The second-order valence-electron chi connectivity index (χ2n) is 7.45. The molecule has 2 bridgehead atoms. The topological polar surface area (TPSA) is 20.2 Å². The molecule has 1 aliphatic carbocycles. The van der Waals surface area contributed by atoms with Gasteiger partial charge in [0.15, 0.2) is 0 Å². The van der Waals surface area contributed by atoms with Crippen molar-refractivity contribution >= 4 is 0 Å². The predicted octanol–water partition coefficient (Wildman–Crippen LogP) is 3.80. The van der Waals surface area contributed by atoms with Gasteiger partial charge in [-0.2, -0.15) is 0 Å². The van der Waals surface area contributed by atoms with Crippen LogP contribution in [0, 0.1) is 5.92 Å². The summed E-state index contributed by atoms with van der Waals surface area (Å²) in [6.45, 7) is 16.0. The van der Waals surface area contributed by atoms with Gasteiger partial charge in [0.05, 0.1) is 25.7 Å². The van der Waals surface area contributed by atoms with Crippen LogP contribution in [0.1, 0.15) is 31.4 Å². The Bertz CT molecular complexity index is 596. The molecule has 2 nitrogen and oxygen atoms in total. The van der Waals surface area contributed by atoms with Crippen molar-refractivity contribution in [3.8, 4) is 5.75 Å². The maximum absolute atomic E-state index is 9.93. The van der Waals surface area contributed by atoms with Crippen LogP contribution in [0.3, 0.4) is 0 Å². The number of hydrogen-bond donors (Lipinski definition) is 1. The van der Waals surface area contributed by atoms with Crippen molar-refractivity contribution < 1.29 is 9.59 Å². The van der Waals surface area contributed by atoms with Gasteiger partial charge < -0.3 is 9.59 Å². The molecule has 1 saturated heterocycles. The van der Waals surface area contributed by atoms with E-state index in [9.17, 15) is 5.11 Å². The van der Waals surface area contributed by atoms with Crippen molar-refractivity contribution in [3.63, 3.8) is 0 Å². The molecule has 0 spiro atoms. The highest BCUT2D eigenvalue weighted by Crippen LogP contribution is 2.51. The van der Waals surface area contributed by atoms with Gasteiger partial charge in [-0.25, -0.2) is 0 Å². The van der Waals surface area contributed by atoms with Gasteiger partial charge in [0.25, 0.3) is 0 Å². The van der Waals surface area contributed by atoms with Crippen LogP contribution in [0.2, 0.25) is 0 Å². The Kier molecular flexibility index (Phi) is 3.68. The molecule has 0 radical (unpaired) electrons. The number of benzene rings is 1. The Balaban J connectivity index is 2.10. The smallest absolute Gasteiger partial charge is 0.115 e. The lowest BCUT2D eigenvalue weighted by Gasteiger charge is -2.59. The molecule has 1 unspecified atom stereocenters. The molecule has 3 rings (SSSR count). The Hall–Kier alpha value is -1.54. The van der Waals surface area contributed by atoms with Crippen molar-refractivity contribution in [3.05, 3.63) is 54.6 Å². The van der Waals surface area contributed by atoms with Crippen molar-refractivity contribution in [1.82, 2.24) is 0 Å². The Morgan fingerprint density at radius 1 is 1.32 bits per heavy atom. The predicted molar refractivity (Wildman–Crippen MR) is 92.0 cm³/mol. The number of piperidine rings is 1. The molecular weight excluding hydrogens is 270 g/mol. The van der Waals surface area contributed by atoms with Gasteiger partial charge in [0, 0.05) is 24.2 Å². The summed E-state index contributed by atoms with van der Waals surface area (Å²) in [5.74, 6) is 0.990. The van der Waals surface area contributed by atoms with E-state index in [2.05, 4.69) is 45.2 Å². The van der Waals surface area contributed by atoms with Crippen LogP contribution in [0.5, 0.6) is 5.75 Å². The SMILES string of the molecule is C=CC[N+]1(CC=C)CC[C@]2(C)c3cc(O)ccc3C[C@@H]1C2C. The molecule has 2 heteroatoms. The summed E-state index contributed by atoms with van der Waals surface area (Å²) in [5.41, 5.74) is 2.95. The second-order valence-corrected chi connectivity index (χ2v) is 7.45. The minimum absolute atomic E-state index is 0.168. The van der Waals surface area contributed by atoms with Crippen molar-refractivity contribution in [2.75, 3.05) is 19.6 Å². The first-order valence-corrected chi connectivity index (χ1v) is 8.37. The zero-order valence-corrected chi connectivity index (χ0v) is 13.9. The van der Waals surface area contributed by atoms with E-state index in [0.717, 1.165) is 30.4 Å². The van der Waals surface area contributed by atoms with Crippen LogP contribution in [0.25, 0.3) is 0 Å². The number of fused-ring (bicyclic) bond motifs is 4. The maximum atomic E-state index is 9.93. The van der Waals surface area contributed by atoms with Crippen LogP contribution in [-0.2, 0) is 11.8 Å². The lowest BCUT2D eigenvalue weighted by molar-refractivity contribution is -0.951. The quantitative estimate of drug-likeness (QED) is 0.662. The van der Waals surface area contributed by atoms with E-state index >= 15 is 0 Å². The average Bonchev–Trinajstić information content (AvgIpc) is 2.48. The highest BCUT2D eigenvalue weighted by molar-refractivity contribution is 5.43. The standard InChI is InChI=1S/C20H27NO/c1-5-10-21(11-6-2)12-9-20(4)15(3)19(21)13-16-7-8-17(22)14-18(16)20/h5-8,14-15,19H,1-2,9-13H2,3-4H3/p+1/t15?,19-,20+/m1/s1. The normalized spacial score (nSPS) is 32.1. The minimum Gasteiger partial charge on any atom is -0.508 e. The summed E-state index contributed by atoms with van der Waals surface area (Å²) in [4.78, 5) is 0. The molecule has 0 aromatic heterocycles. The molecule has 0 saturated carbocycles. The number of phenolic OH excluding ortho intramolecular Hbond substituents is 1. The third kappa shape index (κ3) is 2.04. The number of likely N-dealkylation sites (tertiary alicyclic amines) is 1. The third-order valence-electron chi connectivity index (χ3n) is 6.49. The monoisotopic (exact) mass is 298 g/mol. The van der Waals surface area contributed by atoms with Gasteiger partial charge in [0.2, 0.25) is 0 Å². The number of rotatable bonds is 4. The summed E-state index contributed by atoms with van der Waals surface area (Å²) in [6.07, 6.45) is 6.40. The van der Waals surface area contributed by atoms with Crippen molar-refractivity contribution in [1.29, 1.82) is 0 Å². The summed E-state index contributed by atoms with van der Waals surface area (Å²) in [6, 6.07) is 6.57. The summed E-state index contributed by atoms with van der Waals surface area (Å²) >= 11 is 0. The van der Waals surface area contributed by atoms with Gasteiger partial charge >= 0.3 is 0 Å². The lowest BCUT2D eigenvalue weighted by atomic mass is 9.58. The zero-order chi connectivity index (χ0) is 16.0. The number of aromatic hydroxyl groups is 1. The molecular formula is C20H28NO+. The van der Waals surface area contributed by atoms with E-state index in [0.29, 0.717) is 17.7 Å². The first-order chi connectivity index (χ1) is 10.5. The molecule has 0 amide bonds. The fourth-order valence-electron chi connectivity index (χ4n) is 5.04. The molecule has 118 valence electrons. The third-order valence-corrected chi connectivity index (χ3v) is 6.49. The van der Waals surface area contributed by atoms with E-state index in [-0.39, 0.29) is 5.41 Å². The Morgan fingerprint density at radius 2 is 2.00 bits per heavy atom. The lowest BCUT2D eigenvalue weighted by Crippen LogP contribution is -2.68. The van der Waals surface area contributed by atoms with Crippen LogP contribution in [-0.4, -0.2) is 35.3 Å². The highest BCUT2D eigenvalue weighted by atomic mass is 16.3. The minimum atomic E-state index is 0.168. The molecule has 22 heavy (non-hydrogen) atoms. The van der Waals surface area contributed by atoms with Gasteiger partial charge in [-0.1, -0.05) is 33.1 Å². The van der Waals surface area contributed by atoms with Crippen molar-refractivity contribution in [2.24, 2.45) is 5.92 Å². The van der Waals surface area contributed by atoms with Crippen LogP contribution in [0.15, 0.2) is 43.5 Å². The molecule has 1 aromatic carbocycles. The first kappa shape index (κ1) is 15.4. The summed E-state index contributed by atoms with van der Waals surface area (Å²) in [5, 5.41) is 9.93. The fourth-order valence-corrected chi connectivity index (χ4v) is 5.04. The summed E-state index contributed by atoms with van der Waals surface area (Å²) in [7, 11) is 0. The molecule has 2 aliphatic rings. The fraction of sp³-hybridized carbons (Fsp3) is 0.500. The van der Waals surface area contributed by atoms with Crippen LogP contribution >= 0.6 is 0 Å². The Labute approximate surface area is 134 Å². The van der Waals surface area contributed by atoms with E-state index in [1.807, 2.05) is 12.1 Å². The van der Waals surface area contributed by atoms with Gasteiger partial charge in [-0.3, -0.25) is 0 Å². The zero-order valence-electron chi connectivity index (χ0n) is 13.9. The first-order valence-electron chi connectivity index (χ1n) is 8.37. The van der Waals surface area contributed by atoms with Gasteiger partial charge in [-0.05, 0) is 35.4 Å². The largest absolute Gasteiger partial charge is 0.508 e. The van der Waals surface area contributed by atoms with Crippen LogP contribution < -0.4 is 0 Å². The Morgan fingerprint density at radius 3 is 2.64 bits per heavy atom. The number of hydrogen-bond acceptors (Lipinski definition) is 1. The molecule has 1 heterocycles. The summed E-state index contributed by atoms with van der Waals surface area (Å²) < 4.78 is 1.09. The van der Waals surface area contributed by atoms with E-state index < -0.39 is 0 Å². The van der Waals surface area contributed by atoms with Gasteiger partial charge in [-0.15, -0.1) is 0 Å². The van der Waals surface area contributed by atoms with Gasteiger partial charge in [0.1, 0.15) is 5.75 Å². The molecule has 1 aromatic rings. The highest BCUT2D eigenvalue weighted by Gasteiger charge is 2.55. The number of phenols is 1. The number of quaternary nitrogens is 1. The number of nitrogens with zero attached hydrogens (tertiary/aromatic N) is 1. The van der Waals surface area contributed by atoms with Crippen LogP contribution in [0.4, 0.5) is 0 Å². The maximum Gasteiger partial charge on any atom is 0.115 e. The van der Waals surface area contributed by atoms with E-state index in [4.69, 9.17) is 0 Å². The van der Waals surface area contributed by atoms with E-state index in [1.54, 1.807) is 0 Å². The van der Waals surface area contributed by atoms with E-state index in [1.165, 1.54) is 17.7 Å². The second kappa shape index (κ2) is 5.27. The molecule has 1 fully saturated rings. The molecule has 1 N–H and O–H groups in total.